The third-order valence-electron chi connectivity index (χ3n) is 17.2. The molecule has 13 aromatic rings. The Labute approximate surface area is 628 Å². The number of benzene rings is 10. The summed E-state index contributed by atoms with van der Waals surface area (Å²) >= 11 is 10.1. The van der Waals surface area contributed by atoms with E-state index in [1.165, 1.54) is 70.4 Å². The Morgan fingerprint density at radius 3 is 1.78 bits per heavy atom. The first-order valence-electron chi connectivity index (χ1n) is 32.8. The number of aromatic amines is 1. The molecule has 3 aliphatic rings. The van der Waals surface area contributed by atoms with Crippen molar-refractivity contribution < 1.29 is 47.3 Å². The van der Waals surface area contributed by atoms with Crippen molar-refractivity contribution >= 4 is 106 Å². The zero-order chi connectivity index (χ0) is 75.6. The molecular formula is C82H70ClF7N6O7S4. The number of H-pyrrole nitrogens is 1. The van der Waals surface area contributed by atoms with Crippen LogP contribution in [0, 0.1) is 25.5 Å². The minimum Gasteiger partial charge on any atom is -0.454 e. The number of ketones is 2. The third kappa shape index (κ3) is 17.8. The van der Waals surface area contributed by atoms with E-state index in [0.717, 1.165) is 95.6 Å². The molecule has 0 aliphatic carbocycles. The fourth-order valence-electron chi connectivity index (χ4n) is 11.7. The lowest BCUT2D eigenvalue weighted by Gasteiger charge is -2.40. The van der Waals surface area contributed by atoms with E-state index in [0.29, 0.717) is 56.0 Å². The van der Waals surface area contributed by atoms with E-state index in [4.69, 9.17) is 21.1 Å². The summed E-state index contributed by atoms with van der Waals surface area (Å²) in [5.74, 6) is 0.580. The molecular weight excluding hydrogens is 1480 g/mol. The number of rotatable bonds is 11. The van der Waals surface area contributed by atoms with Gasteiger partial charge in [0.25, 0.3) is 16.7 Å². The maximum absolute atomic E-state index is 13.4. The van der Waals surface area contributed by atoms with Gasteiger partial charge in [-0.05, 0) is 165 Å². The quantitative estimate of drug-likeness (QED) is 0.0983. The highest BCUT2D eigenvalue weighted by Crippen LogP contribution is 3.02. The second kappa shape index (κ2) is 30.9. The van der Waals surface area contributed by atoms with Crippen LogP contribution in [0.4, 0.5) is 33.9 Å². The highest BCUT2D eigenvalue weighted by Gasteiger charge is 2.65. The topological polar surface area (TPSA) is 141 Å². The molecule has 0 saturated heterocycles. The van der Waals surface area contributed by atoms with Crippen LogP contribution in [0.2, 0.25) is 5.02 Å². The standard InChI is InChI=1S/C22H21ClN4O.C17H18O.C15H12OS.C14H8FNO3S.C13H7F6NOS2.CH4/c1-14-12-18-20(22(28)27(24-18)19-11-6-5-10-17(19)23)21(26(14)4)15-8-7-9-16(13-15)25(2)3;1-13-3-7-15(8-4-13)11-17(18)12-16-9-5-14(2)6-10-16;1-10(16)11-6-7-15-13(8-11)9-12-4-2-3-5-14(12)17-15;15-8-1-4-13-10(5-8)14(17)16(20-13)9-2-3-11-12(6-9)19-7-18-11;14-8-4-5-12-11(6-8)13(21)20(22-12)9-2-1-3-10(7-9)23(15,16,17,18)19;/h5-13,24H,1H2,2-4H3;3-10H,11-12H2,1-2H3;2-8H,9H2,1H3;1-6H,7H2;1-7H;1H4. The van der Waals surface area contributed by atoms with Crippen LogP contribution in [-0.2, 0) is 24.1 Å². The van der Waals surface area contributed by atoms with Crippen molar-refractivity contribution in [1.29, 1.82) is 0 Å². The molecule has 10 aromatic carbocycles. The SMILES string of the molecule is C.C=C1C=c2[nH]n(-c3ccccc3Cl)c(=O)c2=C(c2cccc(N(C)C)c2)N1C.CC(=O)c1ccc2c(c1)Cc1ccccc1S2.Cc1ccc(CC(=O)Cc2ccc(C)cc2)cc1.O=c1c2cc(F)ccc2sn1-c1ccc2c(c1)OCO2.O=c1c2cc(F)ccc2sn1-c1cccc(S(F)(F)(F)(F)F)c1. The van der Waals surface area contributed by atoms with Crippen LogP contribution in [0.3, 0.4) is 0 Å². The number of carbonyl (C=O) groups excluding carboxylic acids is 2. The van der Waals surface area contributed by atoms with Crippen LogP contribution >= 0.6 is 56.7 Å². The number of allylic oxidation sites excluding steroid dienone is 1. The Morgan fingerprint density at radius 1 is 0.607 bits per heavy atom. The van der Waals surface area contributed by atoms with Gasteiger partial charge < -0.3 is 19.3 Å². The Hall–Kier alpha value is -10.9. The maximum atomic E-state index is 13.4. The Kier molecular flexibility index (Phi) is 22.3. The zero-order valence-electron chi connectivity index (χ0n) is 57.6. The molecule has 107 heavy (non-hydrogen) atoms. The number of aromatic nitrogens is 4. The number of Topliss-reactive ketones (excluding diaryl/α,β-unsaturated/α-hetero) is 2. The van der Waals surface area contributed by atoms with E-state index in [9.17, 15) is 52.2 Å². The van der Waals surface area contributed by atoms with Crippen LogP contribution in [0.5, 0.6) is 11.5 Å². The first-order chi connectivity index (χ1) is 50.3. The summed E-state index contributed by atoms with van der Waals surface area (Å²) in [5.41, 5.74) is 11.5. The van der Waals surface area contributed by atoms with Crippen molar-refractivity contribution in [3.63, 3.8) is 0 Å². The lowest BCUT2D eigenvalue weighted by Crippen LogP contribution is -2.43. The van der Waals surface area contributed by atoms with Crippen molar-refractivity contribution in [2.24, 2.45) is 0 Å². The van der Waals surface area contributed by atoms with E-state index < -0.39 is 32.3 Å². The normalized spacial score (nSPS) is 13.0. The molecule has 0 bridgehead atoms. The van der Waals surface area contributed by atoms with Crippen molar-refractivity contribution in [1.82, 2.24) is 22.6 Å². The number of nitrogens with zero attached hydrogens (tertiary/aromatic N) is 5. The number of hydrogen-bond acceptors (Lipinski definition) is 12. The second-order valence-corrected chi connectivity index (χ2v) is 31.2. The number of anilines is 1. The molecule has 0 saturated carbocycles. The van der Waals surface area contributed by atoms with Gasteiger partial charge in [0.05, 0.1) is 58.5 Å². The molecule has 1 N–H and O–H groups in total. The number of ether oxygens (including phenoxy) is 2. The number of para-hydroxylation sites is 1. The van der Waals surface area contributed by atoms with Gasteiger partial charge in [-0.15, -0.1) is 0 Å². The molecule has 0 atom stereocenters. The molecule has 0 spiro atoms. The third-order valence-corrected chi connectivity index (χ3v) is 22.2. The molecule has 0 fully saturated rings. The van der Waals surface area contributed by atoms with Crippen LogP contribution in [-0.4, -0.2) is 62.1 Å². The van der Waals surface area contributed by atoms with E-state index >= 15 is 0 Å². The smallest absolute Gasteiger partial charge is 0.310 e. The van der Waals surface area contributed by atoms with Gasteiger partial charge in [0.1, 0.15) is 22.3 Å². The number of hydrogen-bond donors (Lipinski definition) is 1. The van der Waals surface area contributed by atoms with E-state index in [-0.39, 0.29) is 60.1 Å². The molecule has 16 rings (SSSR count). The first kappa shape index (κ1) is 77.2. The molecule has 25 heteroatoms. The number of aryl methyl sites for hydroxylation is 2. The van der Waals surface area contributed by atoms with E-state index in [2.05, 4.69) is 86.2 Å². The molecule has 3 aliphatic heterocycles. The monoisotopic (exact) mass is 1550 g/mol. The van der Waals surface area contributed by atoms with Gasteiger partial charge >= 0.3 is 10.2 Å². The highest BCUT2D eigenvalue weighted by molar-refractivity contribution is 8.45. The fourth-order valence-corrected chi connectivity index (χ4v) is 15.6. The molecule has 6 heterocycles. The minimum atomic E-state index is -9.85. The summed E-state index contributed by atoms with van der Waals surface area (Å²) in [6, 6.07) is 61.4. The Morgan fingerprint density at radius 2 is 1.18 bits per heavy atom. The van der Waals surface area contributed by atoms with Gasteiger partial charge in [0.2, 0.25) is 6.79 Å². The van der Waals surface area contributed by atoms with E-state index in [1.807, 2.05) is 110 Å². The van der Waals surface area contributed by atoms with Gasteiger partial charge in [-0.1, -0.05) is 194 Å². The summed E-state index contributed by atoms with van der Waals surface area (Å²) in [6.45, 7) is 10.0. The number of carbonyl (C=O) groups is 2. The van der Waals surface area contributed by atoms with Gasteiger partial charge in [-0.2, -0.15) is 0 Å². The fraction of sp³-hybridized carbons (Fsp3) is 0.134. The summed E-state index contributed by atoms with van der Waals surface area (Å²) in [7, 11) is -3.94. The van der Waals surface area contributed by atoms with Crippen LogP contribution in [0.1, 0.15) is 63.7 Å². The van der Waals surface area contributed by atoms with Gasteiger partial charge in [-0.25, -0.2) is 21.4 Å². The number of halogens is 8. The summed E-state index contributed by atoms with van der Waals surface area (Å²) in [6.07, 6.45) is 3.85. The molecule has 0 radical (unpaired) electrons. The van der Waals surface area contributed by atoms with Crippen LogP contribution in [0.25, 0.3) is 49.0 Å². The highest BCUT2D eigenvalue weighted by atomic mass is 35.5. The van der Waals surface area contributed by atoms with Crippen LogP contribution in [0.15, 0.2) is 260 Å². The maximum Gasteiger partial charge on any atom is 0.310 e. The molecule has 550 valence electrons. The molecule has 3 aromatic heterocycles. The lowest BCUT2D eigenvalue weighted by molar-refractivity contribution is -0.117. The van der Waals surface area contributed by atoms with E-state index in [1.54, 1.807) is 49.0 Å². The number of nitrogens with one attached hydrogen (secondary N) is 1. The summed E-state index contributed by atoms with van der Waals surface area (Å²) in [4.78, 5) is 65.7. The second-order valence-electron chi connectivity index (χ2n) is 25.3. The lowest BCUT2D eigenvalue weighted by atomic mass is 10.0. The summed E-state index contributed by atoms with van der Waals surface area (Å²) < 4.78 is 106. The predicted octanol–water partition coefficient (Wildman–Crippen LogP) is 19.3. The van der Waals surface area contributed by atoms with Gasteiger partial charge in [0, 0.05) is 72.4 Å². The van der Waals surface area contributed by atoms with Crippen molar-refractivity contribution in [3.05, 3.63) is 333 Å². The predicted molar refractivity (Wildman–Crippen MR) is 419 cm³/mol. The first-order valence-corrected chi connectivity index (χ1v) is 37.4. The Bertz CT molecular complexity index is 5890. The minimum absolute atomic E-state index is 0. The molecule has 0 amide bonds. The average Bonchev–Trinajstić information content (AvgIpc) is 1.44. The van der Waals surface area contributed by atoms with Crippen molar-refractivity contribution in [3.8, 4) is 28.6 Å². The van der Waals surface area contributed by atoms with Gasteiger partial charge in [0.15, 0.2) is 17.3 Å². The molecule has 0 unspecified atom stereocenters. The van der Waals surface area contributed by atoms with Crippen LogP contribution < -0.4 is 41.6 Å². The summed E-state index contributed by atoms with van der Waals surface area (Å²) in [5, 5.41) is 5.37. The van der Waals surface area contributed by atoms with Crippen molar-refractivity contribution in [2.45, 2.75) is 62.1 Å². The average molecular weight is 1550 g/mol. The largest absolute Gasteiger partial charge is 0.454 e. The number of fused-ring (bicyclic) bond motifs is 6. The van der Waals surface area contributed by atoms with Crippen molar-refractivity contribution in [2.75, 3.05) is 32.8 Å². The van der Waals surface area contributed by atoms with Gasteiger partial charge in [-0.3, -0.25) is 29.1 Å². The zero-order valence-corrected chi connectivity index (χ0v) is 61.7. The molecule has 13 nitrogen and oxygen atoms in total. The Balaban J connectivity index is 0.000000134.